The number of aromatic amines is 1. The number of nitrogens with zero attached hydrogens (tertiary/aromatic N) is 3. The van der Waals surface area contributed by atoms with Crippen LogP contribution in [-0.4, -0.2) is 38.8 Å². The van der Waals surface area contributed by atoms with Crippen LogP contribution in [0, 0.1) is 25.7 Å². The van der Waals surface area contributed by atoms with Crippen molar-refractivity contribution in [2.24, 2.45) is 5.73 Å². The highest BCUT2D eigenvalue weighted by Gasteiger charge is 2.17. The monoisotopic (exact) mass is 427 g/mol. The summed E-state index contributed by atoms with van der Waals surface area (Å²) >= 11 is 0. The van der Waals surface area contributed by atoms with Crippen LogP contribution >= 0.6 is 0 Å². The van der Waals surface area contributed by atoms with Crippen molar-refractivity contribution >= 4 is 22.5 Å². The minimum atomic E-state index is -0.516. The number of carbonyl (C=O) groups is 1. The van der Waals surface area contributed by atoms with E-state index in [9.17, 15) is 9.59 Å². The summed E-state index contributed by atoms with van der Waals surface area (Å²) in [6, 6.07) is 7.65. The lowest BCUT2D eigenvalue weighted by Gasteiger charge is -2.27. The zero-order chi connectivity index (χ0) is 22.8. The van der Waals surface area contributed by atoms with Gasteiger partial charge in [-0.3, -0.25) is 14.5 Å². The maximum Gasteiger partial charge on any atom is 0.269 e. The Balaban J connectivity index is 1.57. The van der Waals surface area contributed by atoms with Crippen LogP contribution in [0.2, 0.25) is 0 Å². The topological polar surface area (TPSA) is 105 Å². The van der Waals surface area contributed by atoms with Gasteiger partial charge in [0.2, 0.25) is 0 Å². The second kappa shape index (κ2) is 8.77. The molecule has 2 aromatic heterocycles. The molecular weight excluding hydrogens is 402 g/mol. The Hall–Kier alpha value is -3.76. The van der Waals surface area contributed by atoms with Gasteiger partial charge in [0.25, 0.3) is 11.5 Å². The molecule has 1 aromatic carbocycles. The number of aryl methyl sites for hydroxylation is 2. The standard InChI is InChI=1S/C25H25N5O2/c1-4-5-19-12-17(13-22-23(19)28-16(3)25(32)29-22)14-30-10-8-18(9-11-30)20-6-7-21(24(26)31)27-15(20)2/h6-8,12-13H,9-11,14H2,1-3H3,(H2,26,31)(H,29,32). The fraction of sp³-hybridized carbons (Fsp3) is 0.280. The van der Waals surface area contributed by atoms with Crippen LogP contribution in [0.25, 0.3) is 16.6 Å². The number of fused-ring (bicyclic) bond motifs is 1. The summed E-state index contributed by atoms with van der Waals surface area (Å²) in [6.07, 6.45) is 3.09. The lowest BCUT2D eigenvalue weighted by atomic mass is 9.97. The van der Waals surface area contributed by atoms with Crippen LogP contribution in [0.4, 0.5) is 0 Å². The molecule has 0 unspecified atom stereocenters. The van der Waals surface area contributed by atoms with Crippen molar-refractivity contribution in [2.75, 3.05) is 13.1 Å². The van der Waals surface area contributed by atoms with Crippen LogP contribution in [-0.2, 0) is 6.54 Å². The molecule has 3 N–H and O–H groups in total. The lowest BCUT2D eigenvalue weighted by Crippen LogP contribution is -2.28. The highest BCUT2D eigenvalue weighted by molar-refractivity contribution is 5.91. The number of nitrogens with two attached hydrogens (primary N) is 1. The van der Waals surface area contributed by atoms with E-state index in [2.05, 4.69) is 43.8 Å². The molecule has 3 aromatic rings. The molecule has 7 heteroatoms. The molecule has 1 aliphatic rings. The highest BCUT2D eigenvalue weighted by atomic mass is 16.1. The third-order valence-corrected chi connectivity index (χ3v) is 5.67. The maximum atomic E-state index is 12.1. The molecule has 7 nitrogen and oxygen atoms in total. The Labute approximate surface area is 186 Å². The molecule has 1 aliphatic heterocycles. The van der Waals surface area contributed by atoms with Gasteiger partial charge in [0.05, 0.1) is 11.1 Å². The molecular formula is C25H25N5O2. The number of carbonyl (C=O) groups excluding carboxylic acids is 1. The van der Waals surface area contributed by atoms with Gasteiger partial charge in [-0.2, -0.15) is 0 Å². The zero-order valence-corrected chi connectivity index (χ0v) is 18.5. The van der Waals surface area contributed by atoms with Crippen molar-refractivity contribution in [1.29, 1.82) is 0 Å². The Morgan fingerprint density at radius 1 is 1.22 bits per heavy atom. The van der Waals surface area contributed by atoms with E-state index in [1.54, 1.807) is 19.9 Å². The summed E-state index contributed by atoms with van der Waals surface area (Å²) in [5, 5.41) is 0. The first-order chi connectivity index (χ1) is 15.4. The molecule has 162 valence electrons. The van der Waals surface area contributed by atoms with Gasteiger partial charge in [-0.1, -0.05) is 18.1 Å². The van der Waals surface area contributed by atoms with Crippen LogP contribution in [0.1, 0.15) is 51.9 Å². The summed E-state index contributed by atoms with van der Waals surface area (Å²) in [6.45, 7) is 7.81. The van der Waals surface area contributed by atoms with Crippen molar-refractivity contribution < 1.29 is 4.79 Å². The summed E-state index contributed by atoms with van der Waals surface area (Å²) < 4.78 is 0. The molecule has 0 atom stereocenters. The largest absolute Gasteiger partial charge is 0.364 e. The van der Waals surface area contributed by atoms with Crippen molar-refractivity contribution in [1.82, 2.24) is 19.9 Å². The van der Waals surface area contributed by atoms with Gasteiger partial charge in [-0.15, -0.1) is 5.92 Å². The quantitative estimate of drug-likeness (QED) is 0.623. The Kier molecular flexibility index (Phi) is 5.89. The van der Waals surface area contributed by atoms with E-state index in [4.69, 9.17) is 5.73 Å². The smallest absolute Gasteiger partial charge is 0.269 e. The Bertz CT molecular complexity index is 1370. The normalized spacial score (nSPS) is 14.0. The summed E-state index contributed by atoms with van der Waals surface area (Å²) in [4.78, 5) is 37.4. The van der Waals surface area contributed by atoms with Crippen LogP contribution < -0.4 is 11.3 Å². The number of amides is 1. The Morgan fingerprint density at radius 3 is 2.69 bits per heavy atom. The number of benzene rings is 1. The van der Waals surface area contributed by atoms with E-state index in [1.807, 2.05) is 19.1 Å². The van der Waals surface area contributed by atoms with Crippen LogP contribution in [0.15, 0.2) is 35.1 Å². The summed E-state index contributed by atoms with van der Waals surface area (Å²) in [7, 11) is 0. The number of nitrogens with one attached hydrogen (secondary N) is 1. The first-order valence-electron chi connectivity index (χ1n) is 10.5. The summed E-state index contributed by atoms with van der Waals surface area (Å²) in [5.74, 6) is 5.54. The van der Waals surface area contributed by atoms with E-state index in [-0.39, 0.29) is 11.3 Å². The minimum Gasteiger partial charge on any atom is -0.364 e. The van der Waals surface area contributed by atoms with Crippen molar-refractivity contribution in [3.05, 3.63) is 74.5 Å². The second-order valence-corrected chi connectivity index (χ2v) is 7.97. The van der Waals surface area contributed by atoms with Gasteiger partial charge in [-0.25, -0.2) is 9.97 Å². The molecule has 0 saturated carbocycles. The minimum absolute atomic E-state index is 0.179. The average Bonchev–Trinajstić information content (AvgIpc) is 2.76. The van der Waals surface area contributed by atoms with E-state index in [0.717, 1.165) is 54.0 Å². The number of H-pyrrole nitrogens is 1. The van der Waals surface area contributed by atoms with Crippen molar-refractivity contribution in [2.45, 2.75) is 33.7 Å². The van der Waals surface area contributed by atoms with Gasteiger partial charge in [0.15, 0.2) is 0 Å². The molecule has 3 heterocycles. The van der Waals surface area contributed by atoms with Gasteiger partial charge in [0, 0.05) is 25.3 Å². The molecule has 0 bridgehead atoms. The number of hydrogen-bond donors (Lipinski definition) is 2. The first-order valence-corrected chi connectivity index (χ1v) is 10.5. The number of rotatable bonds is 4. The van der Waals surface area contributed by atoms with Crippen LogP contribution in [0.5, 0.6) is 0 Å². The third-order valence-electron chi connectivity index (χ3n) is 5.67. The predicted molar refractivity (Wildman–Crippen MR) is 125 cm³/mol. The average molecular weight is 428 g/mol. The molecule has 32 heavy (non-hydrogen) atoms. The fourth-order valence-corrected chi connectivity index (χ4v) is 4.06. The maximum absolute atomic E-state index is 12.1. The Morgan fingerprint density at radius 2 is 2.03 bits per heavy atom. The van der Waals surface area contributed by atoms with Gasteiger partial charge >= 0.3 is 0 Å². The molecule has 0 saturated heterocycles. The zero-order valence-electron chi connectivity index (χ0n) is 18.5. The lowest BCUT2D eigenvalue weighted by molar-refractivity contribution is 0.0995. The van der Waals surface area contributed by atoms with Gasteiger partial charge in [-0.05, 0) is 62.1 Å². The van der Waals surface area contributed by atoms with Crippen LogP contribution in [0.3, 0.4) is 0 Å². The fourth-order valence-electron chi connectivity index (χ4n) is 4.06. The number of primary amides is 1. The molecule has 1 amide bonds. The van der Waals surface area contributed by atoms with E-state index >= 15 is 0 Å². The van der Waals surface area contributed by atoms with Crippen molar-refractivity contribution in [3.63, 3.8) is 0 Å². The highest BCUT2D eigenvalue weighted by Crippen LogP contribution is 2.26. The first kappa shape index (κ1) is 21.5. The van der Waals surface area contributed by atoms with Gasteiger partial charge in [0.1, 0.15) is 16.9 Å². The SMILES string of the molecule is CC#Cc1cc(CN2CC=C(c3ccc(C(N)=O)nc3C)CC2)cc2[nH]c(=O)c(C)nc12. The molecule has 0 aliphatic carbocycles. The molecule has 0 fully saturated rings. The van der Waals surface area contributed by atoms with E-state index < -0.39 is 5.91 Å². The molecule has 0 spiro atoms. The van der Waals surface area contributed by atoms with E-state index in [0.29, 0.717) is 11.2 Å². The number of pyridine rings is 1. The third kappa shape index (κ3) is 4.32. The molecule has 4 rings (SSSR count). The number of hydrogen-bond acceptors (Lipinski definition) is 5. The van der Waals surface area contributed by atoms with Crippen molar-refractivity contribution in [3.8, 4) is 11.8 Å². The molecule has 0 radical (unpaired) electrons. The van der Waals surface area contributed by atoms with Gasteiger partial charge < -0.3 is 10.7 Å². The van der Waals surface area contributed by atoms with E-state index in [1.165, 1.54) is 5.57 Å². The predicted octanol–water partition coefficient (Wildman–Crippen LogP) is 2.69. The summed E-state index contributed by atoms with van der Waals surface area (Å²) in [5.41, 5.74) is 12.3. The second-order valence-electron chi connectivity index (χ2n) is 7.97. The number of aromatic nitrogens is 3.